The second-order valence-electron chi connectivity index (χ2n) is 3.63. The van der Waals surface area contributed by atoms with Crippen molar-refractivity contribution in [3.8, 4) is 0 Å². The zero-order chi connectivity index (χ0) is 12.8. The predicted molar refractivity (Wildman–Crippen MR) is 59.9 cm³/mol. The molecule has 0 spiro atoms. The highest BCUT2D eigenvalue weighted by Crippen LogP contribution is 2.01. The van der Waals surface area contributed by atoms with Crippen LogP contribution in [-0.4, -0.2) is 51.4 Å². The third kappa shape index (κ3) is 9.91. The van der Waals surface area contributed by atoms with E-state index in [2.05, 4.69) is 0 Å². The van der Waals surface area contributed by atoms with Gasteiger partial charge >= 0.3 is 5.97 Å². The van der Waals surface area contributed by atoms with E-state index in [1.54, 1.807) is 0 Å². The van der Waals surface area contributed by atoms with Crippen molar-refractivity contribution in [1.82, 2.24) is 0 Å². The van der Waals surface area contributed by atoms with E-state index >= 15 is 0 Å². The van der Waals surface area contributed by atoms with E-state index in [4.69, 9.17) is 5.11 Å². The van der Waals surface area contributed by atoms with E-state index < -0.39 is 25.6 Å². The summed E-state index contributed by atoms with van der Waals surface area (Å²) in [7, 11) is -6.66. The third-order valence-electron chi connectivity index (χ3n) is 1.86. The highest BCUT2D eigenvalue weighted by molar-refractivity contribution is 7.94. The first kappa shape index (κ1) is 15.4. The Balaban J connectivity index is 3.93. The van der Waals surface area contributed by atoms with Crippen molar-refractivity contribution < 1.29 is 26.7 Å². The van der Waals surface area contributed by atoms with Crippen molar-refractivity contribution in [3.63, 3.8) is 0 Å². The maximum absolute atomic E-state index is 11.3. The lowest BCUT2D eigenvalue weighted by atomic mass is 10.3. The number of unbranched alkanes of at least 4 members (excludes halogenated alkanes) is 1. The standard InChI is InChI=1S/C8H16O6S2/c1-15(11,12)6-7-16(13,14)5-3-2-4-8(9)10/h2-7H2,1H3,(H,9,10). The Morgan fingerprint density at radius 2 is 1.56 bits per heavy atom. The Bertz CT molecular complexity index is 419. The SMILES string of the molecule is CS(=O)(=O)CCS(=O)(=O)CCCCC(=O)O. The van der Waals surface area contributed by atoms with Gasteiger partial charge in [-0.1, -0.05) is 0 Å². The lowest BCUT2D eigenvalue weighted by Gasteiger charge is -2.02. The van der Waals surface area contributed by atoms with Gasteiger partial charge in [-0.05, 0) is 12.8 Å². The van der Waals surface area contributed by atoms with Crippen LogP contribution >= 0.6 is 0 Å². The minimum Gasteiger partial charge on any atom is -0.481 e. The second-order valence-corrected chi connectivity index (χ2v) is 8.20. The maximum Gasteiger partial charge on any atom is 0.303 e. The maximum atomic E-state index is 11.3. The molecule has 0 aromatic carbocycles. The predicted octanol–water partition coefficient (Wildman–Crippen LogP) is -0.299. The van der Waals surface area contributed by atoms with Crippen LogP contribution in [0.25, 0.3) is 0 Å². The third-order valence-corrected chi connectivity index (χ3v) is 4.80. The van der Waals surface area contributed by atoms with E-state index in [0.29, 0.717) is 0 Å². The summed E-state index contributed by atoms with van der Waals surface area (Å²) in [5, 5.41) is 8.32. The summed E-state index contributed by atoms with van der Waals surface area (Å²) in [4.78, 5) is 10.2. The summed E-state index contributed by atoms with van der Waals surface area (Å²) in [5.74, 6) is -1.89. The lowest BCUT2D eigenvalue weighted by Crippen LogP contribution is -2.18. The van der Waals surface area contributed by atoms with Crippen LogP contribution in [0.2, 0.25) is 0 Å². The van der Waals surface area contributed by atoms with Crippen LogP contribution in [0, 0.1) is 0 Å². The Morgan fingerprint density at radius 3 is 2.00 bits per heavy atom. The van der Waals surface area contributed by atoms with Crippen LogP contribution < -0.4 is 0 Å². The molecule has 0 heterocycles. The van der Waals surface area contributed by atoms with Crippen molar-refractivity contribution in [3.05, 3.63) is 0 Å². The van der Waals surface area contributed by atoms with Gasteiger partial charge in [0.15, 0.2) is 9.84 Å². The molecule has 0 radical (unpaired) electrons. The van der Waals surface area contributed by atoms with Gasteiger partial charge in [-0.15, -0.1) is 0 Å². The molecule has 0 bridgehead atoms. The summed E-state index contributed by atoms with van der Waals surface area (Å²) in [6.45, 7) is 0. The molecule has 96 valence electrons. The van der Waals surface area contributed by atoms with Gasteiger partial charge in [-0.2, -0.15) is 0 Å². The smallest absolute Gasteiger partial charge is 0.303 e. The highest BCUT2D eigenvalue weighted by atomic mass is 32.2. The Hall–Kier alpha value is -0.630. The molecule has 0 aromatic heterocycles. The molecule has 0 fully saturated rings. The quantitative estimate of drug-likeness (QED) is 0.608. The fraction of sp³-hybridized carbons (Fsp3) is 0.875. The summed E-state index contributed by atoms with van der Waals surface area (Å²) in [6, 6.07) is 0. The first-order valence-electron chi connectivity index (χ1n) is 4.72. The van der Waals surface area contributed by atoms with E-state index in [1.807, 2.05) is 0 Å². The fourth-order valence-electron chi connectivity index (χ4n) is 0.979. The minimum atomic E-state index is -3.38. The average molecular weight is 272 g/mol. The van der Waals surface area contributed by atoms with Crippen molar-refractivity contribution in [2.24, 2.45) is 0 Å². The number of rotatable bonds is 8. The minimum absolute atomic E-state index is 0.0679. The van der Waals surface area contributed by atoms with Gasteiger partial charge in [0, 0.05) is 12.7 Å². The van der Waals surface area contributed by atoms with Crippen LogP contribution in [0.4, 0.5) is 0 Å². The topological polar surface area (TPSA) is 106 Å². The van der Waals surface area contributed by atoms with Crippen LogP contribution in [0.5, 0.6) is 0 Å². The molecule has 0 amide bonds. The van der Waals surface area contributed by atoms with Gasteiger partial charge in [0.05, 0.1) is 17.3 Å². The van der Waals surface area contributed by atoms with Gasteiger partial charge < -0.3 is 5.11 Å². The molecule has 0 saturated heterocycles. The second kappa shape index (κ2) is 6.19. The van der Waals surface area contributed by atoms with Gasteiger partial charge in [0.2, 0.25) is 0 Å². The van der Waals surface area contributed by atoms with Gasteiger partial charge in [0.25, 0.3) is 0 Å². The van der Waals surface area contributed by atoms with Gasteiger partial charge in [-0.3, -0.25) is 4.79 Å². The molecule has 16 heavy (non-hydrogen) atoms. The molecule has 0 unspecified atom stereocenters. The van der Waals surface area contributed by atoms with Crippen LogP contribution in [0.1, 0.15) is 19.3 Å². The molecule has 8 heteroatoms. The summed E-state index contributed by atoms with van der Waals surface area (Å²) in [5.41, 5.74) is 0. The van der Waals surface area contributed by atoms with Gasteiger partial charge in [0.1, 0.15) is 9.84 Å². The van der Waals surface area contributed by atoms with Crippen molar-refractivity contribution >= 4 is 25.6 Å². The Labute approximate surface area is 95.5 Å². The highest BCUT2D eigenvalue weighted by Gasteiger charge is 2.14. The average Bonchev–Trinajstić information content (AvgIpc) is 2.08. The van der Waals surface area contributed by atoms with Crippen molar-refractivity contribution in [2.75, 3.05) is 23.5 Å². The molecule has 0 atom stereocenters. The zero-order valence-electron chi connectivity index (χ0n) is 9.05. The molecule has 6 nitrogen and oxygen atoms in total. The monoisotopic (exact) mass is 272 g/mol. The first-order valence-corrected chi connectivity index (χ1v) is 8.60. The number of sulfone groups is 2. The molecule has 0 rings (SSSR count). The van der Waals surface area contributed by atoms with Crippen molar-refractivity contribution in [1.29, 1.82) is 0 Å². The largest absolute Gasteiger partial charge is 0.481 e. The van der Waals surface area contributed by atoms with Crippen molar-refractivity contribution in [2.45, 2.75) is 19.3 Å². The normalized spacial score (nSPS) is 12.6. The number of carboxylic acids is 1. The molecule has 0 aliphatic carbocycles. The molecule has 0 aliphatic heterocycles. The van der Waals surface area contributed by atoms with E-state index in [0.717, 1.165) is 6.26 Å². The zero-order valence-corrected chi connectivity index (χ0v) is 10.7. The van der Waals surface area contributed by atoms with E-state index in [-0.39, 0.29) is 36.5 Å². The summed E-state index contributed by atoms with van der Waals surface area (Å²) in [6.07, 6.45) is 1.44. The van der Waals surface area contributed by atoms with Gasteiger partial charge in [-0.25, -0.2) is 16.8 Å². The number of hydrogen-bond donors (Lipinski definition) is 1. The van der Waals surface area contributed by atoms with E-state index in [1.165, 1.54) is 0 Å². The summed E-state index contributed by atoms with van der Waals surface area (Å²) >= 11 is 0. The number of carbonyl (C=O) groups is 1. The number of aliphatic carboxylic acids is 1. The van der Waals surface area contributed by atoms with E-state index in [9.17, 15) is 21.6 Å². The Morgan fingerprint density at radius 1 is 1.00 bits per heavy atom. The van der Waals surface area contributed by atoms with Crippen LogP contribution in [0.15, 0.2) is 0 Å². The fourth-order valence-corrected chi connectivity index (χ4v) is 4.05. The van der Waals surface area contributed by atoms with Crippen LogP contribution in [0.3, 0.4) is 0 Å². The van der Waals surface area contributed by atoms with Crippen LogP contribution in [-0.2, 0) is 24.5 Å². The summed E-state index contributed by atoms with van der Waals surface area (Å²) < 4.78 is 44.1. The molecule has 0 saturated carbocycles. The lowest BCUT2D eigenvalue weighted by molar-refractivity contribution is -0.137. The molecular formula is C8H16O6S2. The molecular weight excluding hydrogens is 256 g/mol. The Kier molecular flexibility index (Phi) is 5.95. The molecule has 0 aromatic rings. The molecule has 0 aliphatic rings. The molecule has 1 N–H and O–H groups in total. The number of carboxylic acid groups (broad SMARTS) is 1. The number of hydrogen-bond acceptors (Lipinski definition) is 5. The first-order chi connectivity index (χ1) is 7.12.